The summed E-state index contributed by atoms with van der Waals surface area (Å²) in [6.45, 7) is 2.38. The molecule has 5 nitrogen and oxygen atoms in total. The van der Waals surface area contributed by atoms with Gasteiger partial charge in [0.2, 0.25) is 0 Å². The lowest BCUT2D eigenvalue weighted by Crippen LogP contribution is -2.15. The Hall–Kier alpha value is -1.73. The van der Waals surface area contributed by atoms with Gasteiger partial charge in [0.1, 0.15) is 10.8 Å². The summed E-state index contributed by atoms with van der Waals surface area (Å²) in [7, 11) is -3.34. The van der Waals surface area contributed by atoms with Gasteiger partial charge in [-0.1, -0.05) is 31.3 Å². The summed E-state index contributed by atoms with van der Waals surface area (Å²) in [6, 6.07) is 6.34. The van der Waals surface area contributed by atoms with Gasteiger partial charge in [0.25, 0.3) is 0 Å². The first kappa shape index (κ1) is 15.7. The van der Waals surface area contributed by atoms with Gasteiger partial charge in [0.05, 0.1) is 10.6 Å². The van der Waals surface area contributed by atoms with Gasteiger partial charge in [-0.05, 0) is 12.1 Å². The van der Waals surface area contributed by atoms with Gasteiger partial charge in [-0.25, -0.2) is 13.4 Å². The van der Waals surface area contributed by atoms with Gasteiger partial charge in [0.15, 0.2) is 9.84 Å². The highest BCUT2D eigenvalue weighted by Crippen LogP contribution is 2.13. The molecule has 7 heteroatoms. The van der Waals surface area contributed by atoms with Crippen molar-refractivity contribution in [1.82, 2.24) is 9.55 Å². The van der Waals surface area contributed by atoms with Gasteiger partial charge in [-0.2, -0.15) is 0 Å². The number of sulfone groups is 1. The monoisotopic (exact) mass is 323 g/mol. The first-order valence-electron chi connectivity index (χ1n) is 6.56. The minimum atomic E-state index is -3.34. The second kappa shape index (κ2) is 6.36. The number of nitrogens with zero attached hydrogens (tertiary/aromatic N) is 2. The Bertz CT molecular complexity index is 734. The quantitative estimate of drug-likeness (QED) is 0.816. The zero-order valence-electron chi connectivity index (χ0n) is 11.7. The van der Waals surface area contributed by atoms with Crippen LogP contribution in [0.2, 0.25) is 0 Å². The molecule has 0 radical (unpaired) electrons. The van der Waals surface area contributed by atoms with Crippen LogP contribution in [0, 0.1) is 0 Å². The van der Waals surface area contributed by atoms with Crippen LogP contribution in [0.1, 0.15) is 18.3 Å². The Labute approximate surface area is 129 Å². The van der Waals surface area contributed by atoms with Crippen molar-refractivity contribution in [3.63, 3.8) is 0 Å². The fraction of sp³-hybridized carbons (Fsp3) is 0.286. The van der Waals surface area contributed by atoms with Crippen molar-refractivity contribution < 1.29 is 8.42 Å². The molecule has 0 amide bonds. The van der Waals surface area contributed by atoms with Crippen LogP contribution in [0.5, 0.6) is 0 Å². The molecule has 0 saturated heterocycles. The third-order valence-corrected chi connectivity index (χ3v) is 5.16. The molecule has 112 valence electrons. The summed E-state index contributed by atoms with van der Waals surface area (Å²) in [5.74, 6) is 0.914. The molecular weight excluding hydrogens is 306 g/mol. The zero-order valence-corrected chi connectivity index (χ0v) is 13.3. The average molecular weight is 323 g/mol. The maximum atomic E-state index is 12.3. The highest BCUT2D eigenvalue weighted by Gasteiger charge is 2.15. The number of nitrogens with two attached hydrogens (primary N) is 1. The van der Waals surface area contributed by atoms with E-state index in [4.69, 9.17) is 18.0 Å². The largest absolute Gasteiger partial charge is 0.389 e. The van der Waals surface area contributed by atoms with E-state index < -0.39 is 9.84 Å². The molecule has 2 aromatic rings. The van der Waals surface area contributed by atoms with Crippen molar-refractivity contribution in [2.45, 2.75) is 24.8 Å². The van der Waals surface area contributed by atoms with Crippen molar-refractivity contribution in [3.05, 3.63) is 48.0 Å². The number of hydrogen-bond acceptors (Lipinski definition) is 4. The number of hydrogen-bond donors (Lipinski definition) is 1. The maximum absolute atomic E-state index is 12.3. The van der Waals surface area contributed by atoms with E-state index in [0.29, 0.717) is 12.1 Å². The Kier molecular flexibility index (Phi) is 4.74. The van der Waals surface area contributed by atoms with E-state index in [0.717, 1.165) is 12.2 Å². The normalized spacial score (nSPS) is 11.5. The fourth-order valence-corrected chi connectivity index (χ4v) is 3.38. The molecule has 2 N–H and O–H groups in total. The third-order valence-electron chi connectivity index (χ3n) is 3.22. The second-order valence-corrected chi connectivity index (χ2v) is 7.15. The predicted molar refractivity (Wildman–Crippen MR) is 86.0 cm³/mol. The minimum Gasteiger partial charge on any atom is -0.389 e. The van der Waals surface area contributed by atoms with Crippen molar-refractivity contribution in [1.29, 1.82) is 0 Å². The van der Waals surface area contributed by atoms with E-state index in [9.17, 15) is 8.42 Å². The molecule has 0 aliphatic rings. The first-order valence-corrected chi connectivity index (χ1v) is 8.62. The van der Waals surface area contributed by atoms with Crippen LogP contribution in [0.4, 0.5) is 0 Å². The summed E-state index contributed by atoms with van der Waals surface area (Å²) in [5, 5.41) is 0. The summed E-state index contributed by atoms with van der Waals surface area (Å²) in [5.41, 5.74) is 6.16. The number of benzene rings is 1. The summed E-state index contributed by atoms with van der Waals surface area (Å²) < 4.78 is 26.5. The lowest BCUT2D eigenvalue weighted by molar-refractivity contribution is 0.586. The number of thiocarbonyl (C=S) groups is 1. The molecule has 0 spiro atoms. The Morgan fingerprint density at radius 1 is 1.33 bits per heavy atom. The van der Waals surface area contributed by atoms with Crippen molar-refractivity contribution in [2.75, 3.05) is 5.75 Å². The van der Waals surface area contributed by atoms with E-state index in [-0.39, 0.29) is 15.6 Å². The van der Waals surface area contributed by atoms with Crippen molar-refractivity contribution >= 4 is 27.0 Å². The molecule has 0 bridgehead atoms. The van der Waals surface area contributed by atoms with Crippen molar-refractivity contribution in [2.24, 2.45) is 5.73 Å². The van der Waals surface area contributed by atoms with Gasteiger partial charge < -0.3 is 10.3 Å². The lowest BCUT2D eigenvalue weighted by Gasteiger charge is -2.08. The Balaban J connectivity index is 2.13. The van der Waals surface area contributed by atoms with E-state index in [1.165, 1.54) is 0 Å². The molecule has 1 heterocycles. The maximum Gasteiger partial charge on any atom is 0.180 e. The fourth-order valence-electron chi connectivity index (χ4n) is 2.02. The Morgan fingerprint density at radius 3 is 2.57 bits per heavy atom. The predicted octanol–water partition coefficient (Wildman–Crippen LogP) is 1.55. The van der Waals surface area contributed by atoms with Crippen LogP contribution < -0.4 is 5.73 Å². The van der Waals surface area contributed by atoms with Gasteiger partial charge in [0, 0.05) is 30.9 Å². The third kappa shape index (κ3) is 3.68. The minimum absolute atomic E-state index is 0.0305. The number of aryl methyl sites for hydroxylation is 2. The van der Waals surface area contributed by atoms with Crippen LogP contribution in [0.25, 0.3) is 0 Å². The SMILES string of the molecule is CCc1nccn1CCS(=O)(=O)c1ccc(C(N)=S)cc1. The second-order valence-electron chi connectivity index (χ2n) is 4.60. The van der Waals surface area contributed by atoms with Gasteiger partial charge >= 0.3 is 0 Å². The van der Waals surface area contributed by atoms with Crippen LogP contribution in [0.15, 0.2) is 41.6 Å². The molecule has 0 aliphatic heterocycles. The van der Waals surface area contributed by atoms with Gasteiger partial charge in [-0.15, -0.1) is 0 Å². The topological polar surface area (TPSA) is 78.0 Å². The Morgan fingerprint density at radius 2 is 2.00 bits per heavy atom. The van der Waals surface area contributed by atoms with Gasteiger partial charge in [-0.3, -0.25) is 0 Å². The molecule has 1 aromatic heterocycles. The molecule has 0 aliphatic carbocycles. The molecule has 2 rings (SSSR count). The summed E-state index contributed by atoms with van der Waals surface area (Å²) in [6.07, 6.45) is 4.25. The molecule has 1 aromatic carbocycles. The molecule has 21 heavy (non-hydrogen) atoms. The molecule has 0 atom stereocenters. The van der Waals surface area contributed by atoms with E-state index in [1.54, 1.807) is 36.7 Å². The lowest BCUT2D eigenvalue weighted by atomic mass is 10.2. The van der Waals surface area contributed by atoms with E-state index in [2.05, 4.69) is 4.98 Å². The first-order chi connectivity index (χ1) is 9.94. The smallest absolute Gasteiger partial charge is 0.180 e. The molecular formula is C14H17N3O2S2. The standard InChI is InChI=1S/C14H17N3O2S2/c1-2-13-16-7-8-17(13)9-10-21(18,19)12-5-3-11(4-6-12)14(15)20/h3-8H,2,9-10H2,1H3,(H2,15,20). The van der Waals surface area contributed by atoms with E-state index in [1.807, 2.05) is 11.5 Å². The van der Waals surface area contributed by atoms with Crippen LogP contribution in [-0.4, -0.2) is 28.7 Å². The van der Waals surface area contributed by atoms with Crippen LogP contribution >= 0.6 is 12.2 Å². The average Bonchev–Trinajstić information content (AvgIpc) is 2.93. The summed E-state index contributed by atoms with van der Waals surface area (Å²) >= 11 is 4.85. The summed E-state index contributed by atoms with van der Waals surface area (Å²) in [4.78, 5) is 4.71. The number of rotatable bonds is 6. The highest BCUT2D eigenvalue weighted by molar-refractivity contribution is 7.91. The molecule has 0 unspecified atom stereocenters. The number of imidazole rings is 1. The highest BCUT2D eigenvalue weighted by atomic mass is 32.2. The molecule has 0 saturated carbocycles. The van der Waals surface area contributed by atoms with Crippen LogP contribution in [0.3, 0.4) is 0 Å². The van der Waals surface area contributed by atoms with Crippen LogP contribution in [-0.2, 0) is 22.8 Å². The number of aromatic nitrogens is 2. The zero-order chi connectivity index (χ0) is 15.5. The van der Waals surface area contributed by atoms with Crippen molar-refractivity contribution in [3.8, 4) is 0 Å². The van der Waals surface area contributed by atoms with E-state index >= 15 is 0 Å². The molecule has 0 fully saturated rings.